The fraction of sp³-hybridized carbons (Fsp3) is 0.182. The summed E-state index contributed by atoms with van der Waals surface area (Å²) in [5, 5.41) is 9.27. The van der Waals surface area contributed by atoms with E-state index >= 15 is 0 Å². The zero-order chi connectivity index (χ0) is 12.1. The van der Waals surface area contributed by atoms with Crippen LogP contribution in [0, 0.1) is 0 Å². The lowest BCUT2D eigenvalue weighted by atomic mass is 10.1. The zero-order valence-corrected chi connectivity index (χ0v) is 10.1. The predicted molar refractivity (Wildman–Crippen MR) is 70.3 cm³/mol. The van der Waals surface area contributed by atoms with Crippen molar-refractivity contribution in [1.82, 2.24) is 0 Å². The highest BCUT2D eigenvalue weighted by atomic mass is 35.5. The van der Waals surface area contributed by atoms with Gasteiger partial charge in [0.1, 0.15) is 0 Å². The molecule has 3 N–H and O–H groups in total. The van der Waals surface area contributed by atoms with E-state index in [1.807, 2.05) is 6.08 Å². The Labute approximate surface area is 104 Å². The fourth-order valence-electron chi connectivity index (χ4n) is 1.24. The van der Waals surface area contributed by atoms with Crippen LogP contribution in [-0.4, -0.2) is 16.8 Å². The minimum Gasteiger partial charge on any atom is -0.478 e. The molecule has 1 rings (SSSR count). The highest BCUT2D eigenvalue weighted by Gasteiger charge is 2.11. The third kappa shape index (κ3) is 3.18. The smallest absolute Gasteiger partial charge is 0.337 e. The molecule has 0 bridgehead atoms. The summed E-state index contributed by atoms with van der Waals surface area (Å²) in [5.74, 6) is -0.355. The highest BCUT2D eigenvalue weighted by Crippen LogP contribution is 2.24. The van der Waals surface area contributed by atoms with Gasteiger partial charge in [-0.1, -0.05) is 23.8 Å². The van der Waals surface area contributed by atoms with Gasteiger partial charge < -0.3 is 10.8 Å². The van der Waals surface area contributed by atoms with E-state index in [4.69, 9.17) is 22.4 Å². The SMILES string of the molecule is Nc1c(C=CCCS)cc(Cl)cc1C(=O)O. The molecule has 0 fully saturated rings. The van der Waals surface area contributed by atoms with Gasteiger partial charge >= 0.3 is 5.97 Å². The number of thiol groups is 1. The number of carbonyl (C=O) groups is 1. The minimum atomic E-state index is -1.08. The van der Waals surface area contributed by atoms with Crippen molar-refractivity contribution in [3.05, 3.63) is 34.4 Å². The first-order chi connectivity index (χ1) is 7.56. The molecule has 0 spiro atoms. The van der Waals surface area contributed by atoms with Gasteiger partial charge in [0, 0.05) is 5.02 Å². The Morgan fingerprint density at radius 1 is 1.56 bits per heavy atom. The number of aromatic carboxylic acids is 1. The van der Waals surface area contributed by atoms with E-state index in [9.17, 15) is 4.79 Å². The number of halogens is 1. The van der Waals surface area contributed by atoms with E-state index in [0.717, 1.165) is 12.2 Å². The maximum Gasteiger partial charge on any atom is 0.337 e. The first-order valence-corrected chi connectivity index (χ1v) is 5.67. The molecular weight excluding hydrogens is 246 g/mol. The number of benzene rings is 1. The van der Waals surface area contributed by atoms with Crippen LogP contribution in [0.2, 0.25) is 5.02 Å². The molecule has 16 heavy (non-hydrogen) atoms. The summed E-state index contributed by atoms with van der Waals surface area (Å²) in [5.41, 5.74) is 6.60. The van der Waals surface area contributed by atoms with Crippen molar-refractivity contribution in [2.75, 3.05) is 11.5 Å². The van der Waals surface area contributed by atoms with Gasteiger partial charge in [-0.2, -0.15) is 12.6 Å². The second-order valence-corrected chi connectivity index (χ2v) is 4.06. The van der Waals surface area contributed by atoms with Crippen LogP contribution in [0.15, 0.2) is 18.2 Å². The fourth-order valence-corrected chi connectivity index (χ4v) is 1.61. The van der Waals surface area contributed by atoms with E-state index in [2.05, 4.69) is 12.6 Å². The summed E-state index contributed by atoms with van der Waals surface area (Å²) >= 11 is 9.87. The molecule has 0 amide bonds. The summed E-state index contributed by atoms with van der Waals surface area (Å²) in [6.07, 6.45) is 4.42. The van der Waals surface area contributed by atoms with Gasteiger partial charge in [-0.05, 0) is 29.9 Å². The van der Waals surface area contributed by atoms with E-state index in [-0.39, 0.29) is 11.3 Å². The first-order valence-electron chi connectivity index (χ1n) is 4.66. The van der Waals surface area contributed by atoms with Crippen LogP contribution in [0.1, 0.15) is 22.3 Å². The Balaban J connectivity index is 3.14. The number of carboxylic acids is 1. The van der Waals surface area contributed by atoms with Crippen LogP contribution in [0.3, 0.4) is 0 Å². The molecule has 0 aliphatic carbocycles. The van der Waals surface area contributed by atoms with Crippen molar-refractivity contribution in [3.63, 3.8) is 0 Å². The lowest BCUT2D eigenvalue weighted by Crippen LogP contribution is -2.04. The van der Waals surface area contributed by atoms with Crippen LogP contribution < -0.4 is 5.73 Å². The van der Waals surface area contributed by atoms with Gasteiger partial charge in [0.15, 0.2) is 0 Å². The third-order valence-corrected chi connectivity index (χ3v) is 2.48. The van der Waals surface area contributed by atoms with E-state index in [0.29, 0.717) is 10.6 Å². The summed E-state index contributed by atoms with van der Waals surface area (Å²) in [6.45, 7) is 0. The van der Waals surface area contributed by atoms with Crippen molar-refractivity contribution in [2.24, 2.45) is 0 Å². The lowest BCUT2D eigenvalue weighted by molar-refractivity contribution is 0.0698. The molecule has 0 saturated heterocycles. The maximum atomic E-state index is 10.9. The second kappa shape index (κ2) is 5.82. The van der Waals surface area contributed by atoms with Crippen LogP contribution in [0.25, 0.3) is 6.08 Å². The van der Waals surface area contributed by atoms with Gasteiger partial charge in [0.2, 0.25) is 0 Å². The maximum absolute atomic E-state index is 10.9. The largest absolute Gasteiger partial charge is 0.478 e. The predicted octanol–water partition coefficient (Wildman–Crippen LogP) is 2.95. The van der Waals surface area contributed by atoms with Gasteiger partial charge in [-0.3, -0.25) is 0 Å². The number of nitrogen functional groups attached to an aromatic ring is 1. The number of hydrogen-bond acceptors (Lipinski definition) is 3. The van der Waals surface area contributed by atoms with Crippen molar-refractivity contribution in [2.45, 2.75) is 6.42 Å². The molecule has 3 nitrogen and oxygen atoms in total. The van der Waals surface area contributed by atoms with Gasteiger partial charge in [0.25, 0.3) is 0 Å². The topological polar surface area (TPSA) is 63.3 Å². The molecule has 0 aliphatic rings. The van der Waals surface area contributed by atoms with Crippen LogP contribution in [0.4, 0.5) is 5.69 Å². The number of allylic oxidation sites excluding steroid dienone is 1. The molecule has 0 unspecified atom stereocenters. The van der Waals surface area contributed by atoms with Gasteiger partial charge in [-0.25, -0.2) is 4.79 Å². The van der Waals surface area contributed by atoms with E-state index in [1.165, 1.54) is 6.07 Å². The average molecular weight is 258 g/mol. The average Bonchev–Trinajstić information content (AvgIpc) is 2.22. The zero-order valence-electron chi connectivity index (χ0n) is 8.48. The van der Waals surface area contributed by atoms with Crippen molar-refractivity contribution < 1.29 is 9.90 Å². The van der Waals surface area contributed by atoms with Crippen LogP contribution in [0.5, 0.6) is 0 Å². The standard InChI is InChI=1S/C11H12ClNO2S/c12-8-5-7(3-1-2-4-16)10(13)9(6-8)11(14)15/h1,3,5-6,16H,2,4,13H2,(H,14,15). The van der Waals surface area contributed by atoms with E-state index in [1.54, 1.807) is 12.1 Å². The number of rotatable bonds is 4. The Morgan fingerprint density at radius 3 is 2.81 bits per heavy atom. The number of nitrogens with two attached hydrogens (primary N) is 1. The highest BCUT2D eigenvalue weighted by molar-refractivity contribution is 7.80. The summed E-state index contributed by atoms with van der Waals surface area (Å²) in [7, 11) is 0. The molecule has 0 heterocycles. The van der Waals surface area contributed by atoms with Crippen molar-refractivity contribution >= 4 is 42.0 Å². The summed E-state index contributed by atoms with van der Waals surface area (Å²) in [6, 6.07) is 2.98. The quantitative estimate of drug-likeness (QED) is 0.574. The van der Waals surface area contributed by atoms with Crippen molar-refractivity contribution in [1.29, 1.82) is 0 Å². The number of hydrogen-bond donors (Lipinski definition) is 3. The Kier molecular flexibility index (Phi) is 4.71. The van der Waals surface area contributed by atoms with Crippen LogP contribution in [-0.2, 0) is 0 Å². The number of anilines is 1. The lowest BCUT2D eigenvalue weighted by Gasteiger charge is -2.05. The molecule has 86 valence electrons. The van der Waals surface area contributed by atoms with Gasteiger partial charge in [0.05, 0.1) is 11.3 Å². The molecule has 0 saturated carbocycles. The van der Waals surface area contributed by atoms with E-state index < -0.39 is 5.97 Å². The van der Waals surface area contributed by atoms with Gasteiger partial charge in [-0.15, -0.1) is 0 Å². The van der Waals surface area contributed by atoms with Crippen LogP contribution >= 0.6 is 24.2 Å². The third-order valence-electron chi connectivity index (χ3n) is 2.00. The molecule has 0 radical (unpaired) electrons. The second-order valence-electron chi connectivity index (χ2n) is 3.18. The Bertz CT molecular complexity index is 432. The summed E-state index contributed by atoms with van der Waals surface area (Å²) in [4.78, 5) is 10.9. The molecule has 1 aromatic carbocycles. The molecule has 1 aromatic rings. The van der Waals surface area contributed by atoms with Crippen molar-refractivity contribution in [3.8, 4) is 0 Å². The normalized spacial score (nSPS) is 10.9. The summed E-state index contributed by atoms with van der Waals surface area (Å²) < 4.78 is 0. The Hall–Kier alpha value is -1.13. The molecule has 0 atom stereocenters. The molecule has 5 heteroatoms. The molecular formula is C11H12ClNO2S. The molecule has 0 aliphatic heterocycles. The minimum absolute atomic E-state index is 0.0259. The first kappa shape index (κ1) is 12.9. The monoisotopic (exact) mass is 257 g/mol. The number of carboxylic acid groups (broad SMARTS) is 1. The molecule has 0 aromatic heterocycles. The Morgan fingerprint density at radius 2 is 2.25 bits per heavy atom.